The van der Waals surface area contributed by atoms with Crippen LogP contribution < -0.4 is 14.2 Å². The molecule has 0 bridgehead atoms. The Bertz CT molecular complexity index is 1520. The minimum atomic E-state index is -0.623. The Morgan fingerprint density at radius 3 is 2.55 bits per heavy atom. The molecule has 0 fully saturated rings. The van der Waals surface area contributed by atoms with Gasteiger partial charge in [0.05, 0.1) is 44.5 Å². The molecular formula is C31H34N4O5. The van der Waals surface area contributed by atoms with Crippen LogP contribution in [0.25, 0.3) is 11.9 Å². The summed E-state index contributed by atoms with van der Waals surface area (Å²) in [6.07, 6.45) is 9.38. The van der Waals surface area contributed by atoms with Crippen LogP contribution in [-0.4, -0.2) is 51.7 Å². The summed E-state index contributed by atoms with van der Waals surface area (Å²) in [5.41, 5.74) is 3.27. The SMILES string of the molecule is COc1cnc2ncc(/C=C/C3c4cc(OC)c(OCc5ccccc5)cc4CCN3C(=O)OC(C)(C)C)n2c1. The number of nitrogens with zero attached hydrogens (tertiary/aromatic N) is 4. The third-order valence-corrected chi connectivity index (χ3v) is 6.62. The lowest BCUT2D eigenvalue weighted by molar-refractivity contribution is 0.0185. The van der Waals surface area contributed by atoms with E-state index in [4.69, 9.17) is 18.9 Å². The van der Waals surface area contributed by atoms with Crippen LogP contribution in [0.15, 0.2) is 67.1 Å². The maximum absolute atomic E-state index is 13.3. The maximum atomic E-state index is 13.3. The zero-order valence-corrected chi connectivity index (χ0v) is 23.5. The second-order valence-electron chi connectivity index (χ2n) is 10.6. The Labute approximate surface area is 234 Å². The Morgan fingerprint density at radius 1 is 1.05 bits per heavy atom. The molecule has 4 aromatic rings. The van der Waals surface area contributed by atoms with E-state index in [-0.39, 0.29) is 6.09 Å². The number of hydrogen-bond acceptors (Lipinski definition) is 7. The molecule has 0 N–H and O–H groups in total. The molecule has 0 spiro atoms. The van der Waals surface area contributed by atoms with Crippen LogP contribution in [0.3, 0.4) is 0 Å². The van der Waals surface area contributed by atoms with Crippen molar-refractivity contribution in [3.8, 4) is 17.2 Å². The van der Waals surface area contributed by atoms with Crippen molar-refractivity contribution >= 4 is 17.9 Å². The monoisotopic (exact) mass is 542 g/mol. The normalized spacial score (nSPS) is 15.2. The van der Waals surface area contributed by atoms with Crippen LogP contribution in [0.5, 0.6) is 17.2 Å². The summed E-state index contributed by atoms with van der Waals surface area (Å²) >= 11 is 0. The molecule has 0 aliphatic carbocycles. The van der Waals surface area contributed by atoms with E-state index in [1.807, 2.05) is 86.0 Å². The van der Waals surface area contributed by atoms with Gasteiger partial charge in [-0.2, -0.15) is 0 Å². The van der Waals surface area contributed by atoms with Crippen LogP contribution in [0.4, 0.5) is 4.79 Å². The number of ether oxygens (including phenoxy) is 4. The molecule has 9 nitrogen and oxygen atoms in total. The van der Waals surface area contributed by atoms with Crippen LogP contribution in [0, 0.1) is 0 Å². The van der Waals surface area contributed by atoms with Crippen molar-refractivity contribution in [2.75, 3.05) is 20.8 Å². The smallest absolute Gasteiger partial charge is 0.411 e. The highest BCUT2D eigenvalue weighted by Crippen LogP contribution is 2.40. The molecule has 3 heterocycles. The Morgan fingerprint density at radius 2 is 1.82 bits per heavy atom. The summed E-state index contributed by atoms with van der Waals surface area (Å²) < 4.78 is 24.9. The van der Waals surface area contributed by atoms with Crippen LogP contribution in [0.1, 0.15) is 49.2 Å². The number of fused-ring (bicyclic) bond motifs is 2. The van der Waals surface area contributed by atoms with Gasteiger partial charge in [-0.1, -0.05) is 36.4 Å². The number of methoxy groups -OCH3 is 2. The maximum Gasteiger partial charge on any atom is 0.411 e. The van der Waals surface area contributed by atoms with Gasteiger partial charge in [-0.05, 0) is 62.1 Å². The molecule has 1 amide bonds. The third-order valence-electron chi connectivity index (χ3n) is 6.62. The fraction of sp³-hybridized carbons (Fsp3) is 0.323. The second-order valence-corrected chi connectivity index (χ2v) is 10.6. The van der Waals surface area contributed by atoms with Crippen LogP contribution in [0.2, 0.25) is 0 Å². The van der Waals surface area contributed by atoms with Crippen molar-refractivity contribution in [2.45, 2.75) is 45.4 Å². The lowest BCUT2D eigenvalue weighted by Crippen LogP contribution is -2.42. The molecule has 1 atom stereocenters. The molecule has 9 heteroatoms. The molecule has 0 saturated carbocycles. The van der Waals surface area contributed by atoms with Crippen molar-refractivity contribution in [1.29, 1.82) is 0 Å². The van der Waals surface area contributed by atoms with E-state index in [0.29, 0.717) is 42.6 Å². The highest BCUT2D eigenvalue weighted by molar-refractivity contribution is 5.71. The number of aromatic nitrogens is 3. The lowest BCUT2D eigenvalue weighted by atomic mass is 9.91. The third kappa shape index (κ3) is 5.88. The summed E-state index contributed by atoms with van der Waals surface area (Å²) in [6.45, 7) is 6.52. The van der Waals surface area contributed by atoms with Crippen molar-refractivity contribution in [3.05, 3.63) is 89.5 Å². The summed E-state index contributed by atoms with van der Waals surface area (Å²) in [5, 5.41) is 0. The first kappa shape index (κ1) is 27.1. The number of amides is 1. The van der Waals surface area contributed by atoms with Crippen LogP contribution >= 0.6 is 0 Å². The van der Waals surface area contributed by atoms with Gasteiger partial charge in [0, 0.05) is 6.54 Å². The van der Waals surface area contributed by atoms with E-state index < -0.39 is 11.6 Å². The van der Waals surface area contributed by atoms with Crippen molar-refractivity contribution < 1.29 is 23.7 Å². The first-order chi connectivity index (χ1) is 19.3. The summed E-state index contributed by atoms with van der Waals surface area (Å²) in [5.74, 6) is 2.43. The zero-order valence-electron chi connectivity index (χ0n) is 23.5. The van der Waals surface area contributed by atoms with E-state index >= 15 is 0 Å². The second kappa shape index (κ2) is 11.3. The van der Waals surface area contributed by atoms with Crippen molar-refractivity contribution in [3.63, 3.8) is 0 Å². The average molecular weight is 543 g/mol. The average Bonchev–Trinajstić information content (AvgIpc) is 3.35. The molecule has 1 aliphatic heterocycles. The van der Waals surface area contributed by atoms with Gasteiger partial charge in [0.1, 0.15) is 12.2 Å². The number of rotatable bonds is 7. The predicted molar refractivity (Wildman–Crippen MR) is 152 cm³/mol. The van der Waals surface area contributed by atoms with Gasteiger partial charge in [-0.3, -0.25) is 9.30 Å². The van der Waals surface area contributed by atoms with E-state index in [2.05, 4.69) is 9.97 Å². The van der Waals surface area contributed by atoms with Gasteiger partial charge in [0.25, 0.3) is 0 Å². The minimum Gasteiger partial charge on any atom is -0.494 e. The fourth-order valence-corrected chi connectivity index (χ4v) is 4.69. The molecule has 5 rings (SSSR count). The minimum absolute atomic E-state index is 0.377. The predicted octanol–water partition coefficient (Wildman–Crippen LogP) is 5.87. The summed E-state index contributed by atoms with van der Waals surface area (Å²) in [7, 11) is 3.22. The van der Waals surface area contributed by atoms with Gasteiger partial charge in [-0.25, -0.2) is 14.8 Å². The van der Waals surface area contributed by atoms with Gasteiger partial charge in [0.15, 0.2) is 17.2 Å². The van der Waals surface area contributed by atoms with Gasteiger partial charge in [-0.15, -0.1) is 0 Å². The number of imidazole rings is 1. The Balaban J connectivity index is 1.51. The molecule has 208 valence electrons. The molecule has 1 aliphatic rings. The molecule has 0 saturated heterocycles. The molecule has 0 radical (unpaired) electrons. The molecule has 2 aromatic carbocycles. The van der Waals surface area contributed by atoms with E-state index in [1.54, 1.807) is 31.5 Å². The highest BCUT2D eigenvalue weighted by atomic mass is 16.6. The summed E-state index contributed by atoms with van der Waals surface area (Å²) in [4.78, 5) is 23.8. The van der Waals surface area contributed by atoms with Gasteiger partial charge in [0.2, 0.25) is 5.78 Å². The standard InChI is InChI=1S/C31H34N4O5/c1-31(2,3)40-30(36)34-14-13-22-15-28(39-20-21-9-7-6-8-10-21)27(38-5)16-25(22)26(34)12-11-23-17-32-29-33-18-24(37-4)19-35(23)29/h6-12,15-19,26H,13-14,20H2,1-5H3/b12-11+. The van der Waals surface area contributed by atoms with Gasteiger partial charge >= 0.3 is 6.09 Å². The molecule has 2 aromatic heterocycles. The lowest BCUT2D eigenvalue weighted by Gasteiger charge is -2.37. The van der Waals surface area contributed by atoms with Gasteiger partial charge < -0.3 is 18.9 Å². The zero-order chi connectivity index (χ0) is 28.3. The quantitative estimate of drug-likeness (QED) is 0.288. The fourth-order valence-electron chi connectivity index (χ4n) is 4.69. The number of benzene rings is 2. The molecule has 40 heavy (non-hydrogen) atoms. The first-order valence-corrected chi connectivity index (χ1v) is 13.2. The molecule has 1 unspecified atom stereocenters. The Hall–Kier alpha value is -4.53. The topological polar surface area (TPSA) is 87.4 Å². The largest absolute Gasteiger partial charge is 0.494 e. The van der Waals surface area contributed by atoms with Crippen molar-refractivity contribution in [2.24, 2.45) is 0 Å². The highest BCUT2D eigenvalue weighted by Gasteiger charge is 2.33. The van der Waals surface area contributed by atoms with E-state index in [9.17, 15) is 4.79 Å². The van der Waals surface area contributed by atoms with E-state index in [1.165, 1.54) is 0 Å². The number of hydrogen-bond donors (Lipinski definition) is 0. The van der Waals surface area contributed by atoms with Crippen LogP contribution in [-0.2, 0) is 17.8 Å². The Kier molecular flexibility index (Phi) is 7.64. The number of carbonyl (C=O) groups excluding carboxylic acids is 1. The molecular weight excluding hydrogens is 508 g/mol. The summed E-state index contributed by atoms with van der Waals surface area (Å²) in [6, 6.07) is 13.6. The first-order valence-electron chi connectivity index (χ1n) is 13.2. The number of carbonyl (C=O) groups is 1. The van der Waals surface area contributed by atoms with Crippen molar-refractivity contribution in [1.82, 2.24) is 19.3 Å². The van der Waals surface area contributed by atoms with E-state index in [0.717, 1.165) is 22.4 Å².